The minimum atomic E-state index is -0.241. The van der Waals surface area contributed by atoms with Gasteiger partial charge in [-0.15, -0.1) is 0 Å². The molecule has 0 aliphatic rings. The topological polar surface area (TPSA) is 67.3 Å². The summed E-state index contributed by atoms with van der Waals surface area (Å²) in [5.74, 6) is 1.27. The summed E-state index contributed by atoms with van der Waals surface area (Å²) in [5.41, 5.74) is 0. The second-order valence-corrected chi connectivity index (χ2v) is 3.41. The summed E-state index contributed by atoms with van der Waals surface area (Å²) in [7, 11) is 5.18. The number of anilines is 2. The monoisotopic (exact) mass is 224 g/mol. The van der Waals surface area contributed by atoms with Crippen molar-refractivity contribution in [2.24, 2.45) is 0 Å². The van der Waals surface area contributed by atoms with Crippen molar-refractivity contribution in [3.63, 3.8) is 0 Å². The average molecular weight is 224 g/mol. The molecule has 0 spiro atoms. The molecule has 1 aromatic rings. The second-order valence-electron chi connectivity index (χ2n) is 3.41. The third kappa shape index (κ3) is 3.72. The maximum atomic E-state index is 10.9. The van der Waals surface area contributed by atoms with E-state index in [9.17, 15) is 4.79 Å². The summed E-state index contributed by atoms with van der Waals surface area (Å²) < 4.78 is 4.53. The lowest BCUT2D eigenvalue weighted by Gasteiger charge is -2.12. The Kier molecular flexibility index (Phi) is 4.50. The van der Waals surface area contributed by atoms with E-state index in [1.165, 1.54) is 13.4 Å². The number of ether oxygens (including phenoxy) is 1. The number of methoxy groups -OCH3 is 1. The van der Waals surface area contributed by atoms with Gasteiger partial charge in [-0.1, -0.05) is 0 Å². The molecular formula is C10H16N4O2. The quantitative estimate of drug-likeness (QED) is 0.735. The molecule has 1 heterocycles. The highest BCUT2D eigenvalue weighted by Gasteiger charge is 2.02. The van der Waals surface area contributed by atoms with E-state index in [1.54, 1.807) is 0 Å². The highest BCUT2D eigenvalue weighted by molar-refractivity contribution is 5.69. The molecule has 0 amide bonds. The Balaban J connectivity index is 2.48. The summed E-state index contributed by atoms with van der Waals surface area (Å²) in [6, 6.07) is 1.82. The van der Waals surface area contributed by atoms with Gasteiger partial charge in [0.05, 0.1) is 13.5 Å². The van der Waals surface area contributed by atoms with Crippen LogP contribution < -0.4 is 10.2 Å². The van der Waals surface area contributed by atoms with Gasteiger partial charge in [0.2, 0.25) is 0 Å². The van der Waals surface area contributed by atoms with Crippen molar-refractivity contribution in [3.05, 3.63) is 12.4 Å². The van der Waals surface area contributed by atoms with Crippen molar-refractivity contribution < 1.29 is 9.53 Å². The van der Waals surface area contributed by atoms with Crippen molar-refractivity contribution in [2.75, 3.05) is 38.0 Å². The fraction of sp³-hybridized carbons (Fsp3) is 0.500. The molecule has 88 valence electrons. The van der Waals surface area contributed by atoms with Gasteiger partial charge in [-0.2, -0.15) is 0 Å². The van der Waals surface area contributed by atoms with E-state index in [0.29, 0.717) is 18.8 Å². The molecule has 0 atom stereocenters. The molecule has 1 N–H and O–H groups in total. The summed E-state index contributed by atoms with van der Waals surface area (Å²) in [6.45, 7) is 0.497. The van der Waals surface area contributed by atoms with Gasteiger partial charge in [-0.3, -0.25) is 4.79 Å². The molecule has 0 fully saturated rings. The molecule has 0 bridgehead atoms. The second kappa shape index (κ2) is 5.89. The first-order valence-corrected chi connectivity index (χ1v) is 4.93. The molecule has 1 aromatic heterocycles. The summed E-state index contributed by atoms with van der Waals surface area (Å²) in [4.78, 5) is 20.9. The maximum absolute atomic E-state index is 10.9. The molecule has 0 aromatic carbocycles. The Labute approximate surface area is 94.6 Å². The number of aromatic nitrogens is 2. The minimum absolute atomic E-state index is 0.241. The van der Waals surface area contributed by atoms with Gasteiger partial charge in [0, 0.05) is 26.7 Å². The van der Waals surface area contributed by atoms with Crippen LogP contribution in [-0.4, -0.2) is 43.7 Å². The third-order valence-corrected chi connectivity index (χ3v) is 1.97. The van der Waals surface area contributed by atoms with Crippen LogP contribution in [0.2, 0.25) is 0 Å². The van der Waals surface area contributed by atoms with Crippen molar-refractivity contribution >= 4 is 17.6 Å². The zero-order chi connectivity index (χ0) is 12.0. The van der Waals surface area contributed by atoms with Crippen LogP contribution in [0, 0.1) is 0 Å². The molecule has 0 aliphatic carbocycles. The molecule has 0 saturated heterocycles. The molecule has 0 unspecified atom stereocenters. The highest BCUT2D eigenvalue weighted by atomic mass is 16.5. The lowest BCUT2D eigenvalue weighted by Crippen LogP contribution is -2.13. The third-order valence-electron chi connectivity index (χ3n) is 1.97. The van der Waals surface area contributed by atoms with E-state index in [-0.39, 0.29) is 5.97 Å². The van der Waals surface area contributed by atoms with E-state index in [2.05, 4.69) is 20.0 Å². The SMILES string of the molecule is COC(=O)CCNc1cc(N(C)C)ncn1. The van der Waals surface area contributed by atoms with Crippen molar-refractivity contribution in [2.45, 2.75) is 6.42 Å². The Morgan fingerprint density at radius 1 is 1.50 bits per heavy atom. The number of carbonyl (C=O) groups is 1. The molecule has 0 saturated carbocycles. The van der Waals surface area contributed by atoms with Crippen LogP contribution in [0.4, 0.5) is 11.6 Å². The van der Waals surface area contributed by atoms with Crippen LogP contribution in [0.25, 0.3) is 0 Å². The normalized spacial score (nSPS) is 9.69. The van der Waals surface area contributed by atoms with E-state index < -0.39 is 0 Å². The molecule has 0 radical (unpaired) electrons. The Morgan fingerprint density at radius 3 is 2.88 bits per heavy atom. The lowest BCUT2D eigenvalue weighted by molar-refractivity contribution is -0.140. The molecule has 16 heavy (non-hydrogen) atoms. The first-order chi connectivity index (χ1) is 7.63. The molecule has 1 rings (SSSR count). The average Bonchev–Trinajstić information content (AvgIpc) is 2.29. The summed E-state index contributed by atoms with van der Waals surface area (Å²) >= 11 is 0. The Hall–Kier alpha value is -1.85. The number of nitrogens with zero attached hydrogens (tertiary/aromatic N) is 3. The van der Waals surface area contributed by atoms with Crippen molar-refractivity contribution in [1.29, 1.82) is 0 Å². The van der Waals surface area contributed by atoms with Crippen LogP contribution in [0.5, 0.6) is 0 Å². The fourth-order valence-electron chi connectivity index (χ4n) is 1.08. The van der Waals surface area contributed by atoms with E-state index >= 15 is 0 Å². The zero-order valence-electron chi connectivity index (χ0n) is 9.73. The van der Waals surface area contributed by atoms with Gasteiger partial charge in [0.25, 0.3) is 0 Å². The number of esters is 1. The smallest absolute Gasteiger partial charge is 0.307 e. The fourth-order valence-corrected chi connectivity index (χ4v) is 1.08. The van der Waals surface area contributed by atoms with Crippen LogP contribution in [-0.2, 0) is 9.53 Å². The molecule has 6 nitrogen and oxygen atoms in total. The van der Waals surface area contributed by atoms with Crippen molar-refractivity contribution in [1.82, 2.24) is 9.97 Å². The molecule has 0 aliphatic heterocycles. The van der Waals surface area contributed by atoms with E-state index in [1.807, 2.05) is 25.1 Å². The maximum Gasteiger partial charge on any atom is 0.307 e. The first kappa shape index (κ1) is 12.2. The number of hydrogen-bond donors (Lipinski definition) is 1. The van der Waals surface area contributed by atoms with Gasteiger partial charge >= 0.3 is 5.97 Å². The van der Waals surface area contributed by atoms with Gasteiger partial charge in [0.1, 0.15) is 18.0 Å². The minimum Gasteiger partial charge on any atom is -0.469 e. The number of carbonyl (C=O) groups excluding carboxylic acids is 1. The number of hydrogen-bond acceptors (Lipinski definition) is 6. The Bertz CT molecular complexity index is 354. The number of nitrogens with one attached hydrogen (secondary N) is 1. The van der Waals surface area contributed by atoms with Crippen LogP contribution in [0.1, 0.15) is 6.42 Å². The summed E-state index contributed by atoms with van der Waals surface area (Å²) in [6.07, 6.45) is 1.80. The van der Waals surface area contributed by atoms with E-state index in [0.717, 1.165) is 5.82 Å². The Morgan fingerprint density at radius 2 is 2.25 bits per heavy atom. The van der Waals surface area contributed by atoms with Gasteiger partial charge < -0.3 is 15.0 Å². The first-order valence-electron chi connectivity index (χ1n) is 4.93. The van der Waals surface area contributed by atoms with Gasteiger partial charge in [0.15, 0.2) is 0 Å². The predicted octanol–water partition coefficient (Wildman–Crippen LogP) is 0.518. The largest absolute Gasteiger partial charge is 0.469 e. The highest BCUT2D eigenvalue weighted by Crippen LogP contribution is 2.10. The molecule has 6 heteroatoms. The van der Waals surface area contributed by atoms with Crippen LogP contribution >= 0.6 is 0 Å². The lowest BCUT2D eigenvalue weighted by atomic mass is 10.4. The van der Waals surface area contributed by atoms with Crippen LogP contribution in [0.15, 0.2) is 12.4 Å². The predicted molar refractivity (Wildman–Crippen MR) is 61.5 cm³/mol. The van der Waals surface area contributed by atoms with Crippen molar-refractivity contribution in [3.8, 4) is 0 Å². The standard InChI is InChI=1S/C10H16N4O2/c1-14(2)9-6-8(12-7-13-9)11-5-4-10(15)16-3/h6-7H,4-5H2,1-3H3,(H,11,12,13). The molecular weight excluding hydrogens is 208 g/mol. The number of rotatable bonds is 5. The van der Waals surface area contributed by atoms with E-state index in [4.69, 9.17) is 0 Å². The summed E-state index contributed by atoms with van der Waals surface area (Å²) in [5, 5.41) is 3.03. The van der Waals surface area contributed by atoms with Gasteiger partial charge in [-0.25, -0.2) is 9.97 Å². The van der Waals surface area contributed by atoms with Gasteiger partial charge in [-0.05, 0) is 0 Å². The zero-order valence-corrected chi connectivity index (χ0v) is 9.73. The van der Waals surface area contributed by atoms with Crippen LogP contribution in [0.3, 0.4) is 0 Å².